The Hall–Kier alpha value is -1.81. The number of methoxy groups -OCH3 is 1. The van der Waals surface area contributed by atoms with Crippen molar-refractivity contribution >= 4 is 16.7 Å². The second-order valence-electron chi connectivity index (χ2n) is 5.56. The molecule has 2 aromatic rings. The van der Waals surface area contributed by atoms with E-state index in [0.29, 0.717) is 12.5 Å². The van der Waals surface area contributed by atoms with Crippen LogP contribution in [0, 0.1) is 5.92 Å². The number of benzene rings is 1. The summed E-state index contributed by atoms with van der Waals surface area (Å²) in [4.78, 5) is 4.65. The van der Waals surface area contributed by atoms with E-state index in [0.717, 1.165) is 28.0 Å². The summed E-state index contributed by atoms with van der Waals surface area (Å²) in [6.45, 7) is 6.98. The molecule has 0 spiro atoms. The maximum atomic E-state index is 5.92. The number of nitrogens with zero attached hydrogens (tertiary/aromatic N) is 1. The highest BCUT2D eigenvalue weighted by atomic mass is 16.5. The molecule has 0 aliphatic heterocycles. The van der Waals surface area contributed by atoms with Crippen molar-refractivity contribution in [2.45, 2.75) is 33.5 Å². The molecule has 0 saturated carbocycles. The van der Waals surface area contributed by atoms with E-state index in [1.807, 2.05) is 25.2 Å². The summed E-state index contributed by atoms with van der Waals surface area (Å²) in [6, 6.07) is 8.04. The lowest BCUT2D eigenvalue weighted by Gasteiger charge is -2.18. The Bertz CT molecular complexity index is 611. The summed E-state index contributed by atoms with van der Waals surface area (Å²) in [6.07, 6.45) is 0.223. The van der Waals surface area contributed by atoms with E-state index in [9.17, 15) is 0 Å². The lowest BCUT2D eigenvalue weighted by atomic mass is 10.1. The first-order chi connectivity index (χ1) is 10.0. The van der Waals surface area contributed by atoms with Crippen molar-refractivity contribution in [2.75, 3.05) is 19.5 Å². The zero-order valence-electron chi connectivity index (χ0n) is 13.4. The molecule has 0 amide bonds. The Morgan fingerprint density at radius 1 is 1.19 bits per heavy atom. The topological polar surface area (TPSA) is 43.4 Å². The number of ether oxygens (including phenoxy) is 2. The Labute approximate surface area is 126 Å². The second-order valence-corrected chi connectivity index (χ2v) is 5.56. The third kappa shape index (κ3) is 3.64. The molecule has 0 radical (unpaired) electrons. The van der Waals surface area contributed by atoms with Crippen LogP contribution in [-0.2, 0) is 11.3 Å². The van der Waals surface area contributed by atoms with E-state index < -0.39 is 0 Å². The van der Waals surface area contributed by atoms with Crippen molar-refractivity contribution in [2.24, 2.45) is 5.92 Å². The average Bonchev–Trinajstić information content (AvgIpc) is 2.50. The molecule has 2 rings (SSSR count). The lowest BCUT2D eigenvalue weighted by molar-refractivity contribution is 0.0237. The monoisotopic (exact) mass is 288 g/mol. The van der Waals surface area contributed by atoms with Gasteiger partial charge < -0.3 is 14.8 Å². The van der Waals surface area contributed by atoms with Gasteiger partial charge in [0, 0.05) is 24.1 Å². The van der Waals surface area contributed by atoms with Crippen molar-refractivity contribution in [3.63, 3.8) is 0 Å². The van der Waals surface area contributed by atoms with Gasteiger partial charge in [0.2, 0.25) is 0 Å². The molecule has 1 atom stereocenters. The molecular formula is C17H24N2O2. The number of aromatic nitrogens is 1. The van der Waals surface area contributed by atoms with E-state index in [-0.39, 0.29) is 6.10 Å². The Kier molecular flexibility index (Phi) is 5.02. The minimum atomic E-state index is 0.223. The lowest BCUT2D eigenvalue weighted by Crippen LogP contribution is -2.15. The smallest absolute Gasteiger partial charge is 0.131 e. The van der Waals surface area contributed by atoms with Crippen molar-refractivity contribution in [1.29, 1.82) is 0 Å². The summed E-state index contributed by atoms with van der Waals surface area (Å²) < 4.78 is 11.2. The first kappa shape index (κ1) is 15.6. The number of rotatable bonds is 6. The van der Waals surface area contributed by atoms with Gasteiger partial charge in [-0.3, -0.25) is 0 Å². The van der Waals surface area contributed by atoms with Gasteiger partial charge in [-0.2, -0.15) is 0 Å². The summed E-state index contributed by atoms with van der Waals surface area (Å²) in [5.74, 6) is 2.17. The molecule has 1 heterocycles. The molecule has 4 heteroatoms. The maximum Gasteiger partial charge on any atom is 0.131 e. The highest BCUT2D eigenvalue weighted by Gasteiger charge is 2.11. The number of hydrogen-bond donors (Lipinski definition) is 1. The minimum Gasteiger partial charge on any atom is -0.497 e. The highest BCUT2D eigenvalue weighted by molar-refractivity contribution is 5.83. The molecule has 0 aliphatic rings. The van der Waals surface area contributed by atoms with Gasteiger partial charge in [-0.15, -0.1) is 0 Å². The van der Waals surface area contributed by atoms with E-state index in [4.69, 9.17) is 9.47 Å². The van der Waals surface area contributed by atoms with Crippen molar-refractivity contribution < 1.29 is 9.47 Å². The molecule has 0 aliphatic carbocycles. The van der Waals surface area contributed by atoms with Gasteiger partial charge in [0.05, 0.1) is 25.3 Å². The van der Waals surface area contributed by atoms with E-state index in [1.165, 1.54) is 0 Å². The first-order valence-electron chi connectivity index (χ1n) is 7.32. The van der Waals surface area contributed by atoms with Gasteiger partial charge in [-0.05, 0) is 31.0 Å². The molecule has 1 unspecified atom stereocenters. The van der Waals surface area contributed by atoms with Crippen LogP contribution in [-0.4, -0.2) is 25.2 Å². The largest absolute Gasteiger partial charge is 0.497 e. The molecule has 1 aromatic carbocycles. The fourth-order valence-electron chi connectivity index (χ4n) is 2.06. The molecule has 21 heavy (non-hydrogen) atoms. The van der Waals surface area contributed by atoms with Crippen LogP contribution in [0.5, 0.6) is 5.75 Å². The van der Waals surface area contributed by atoms with Crippen LogP contribution >= 0.6 is 0 Å². The molecular weight excluding hydrogens is 264 g/mol. The third-order valence-electron chi connectivity index (χ3n) is 3.78. The van der Waals surface area contributed by atoms with E-state index >= 15 is 0 Å². The van der Waals surface area contributed by atoms with Gasteiger partial charge in [-0.25, -0.2) is 4.98 Å². The summed E-state index contributed by atoms with van der Waals surface area (Å²) in [7, 11) is 3.54. The van der Waals surface area contributed by atoms with Crippen molar-refractivity contribution in [3.8, 4) is 5.75 Å². The Morgan fingerprint density at radius 2 is 1.95 bits per heavy atom. The Morgan fingerprint density at radius 3 is 2.57 bits per heavy atom. The fraction of sp³-hybridized carbons (Fsp3) is 0.471. The van der Waals surface area contributed by atoms with E-state index in [1.54, 1.807) is 7.11 Å². The number of fused-ring (bicyclic) bond motifs is 1. The normalized spacial score (nSPS) is 12.7. The predicted octanol–water partition coefficient (Wildman–Crippen LogP) is 3.85. The zero-order valence-corrected chi connectivity index (χ0v) is 13.4. The first-order valence-corrected chi connectivity index (χ1v) is 7.32. The molecule has 0 fully saturated rings. The van der Waals surface area contributed by atoms with Crippen LogP contribution in [0.4, 0.5) is 5.82 Å². The van der Waals surface area contributed by atoms with Crippen LogP contribution in [0.25, 0.3) is 10.9 Å². The van der Waals surface area contributed by atoms with Gasteiger partial charge >= 0.3 is 0 Å². The fourth-order valence-corrected chi connectivity index (χ4v) is 2.06. The van der Waals surface area contributed by atoms with Crippen LogP contribution in [0.3, 0.4) is 0 Å². The minimum absolute atomic E-state index is 0.223. The van der Waals surface area contributed by atoms with Crippen molar-refractivity contribution in [3.05, 3.63) is 29.8 Å². The SMILES string of the molecule is CNc1nc2cc(OC)ccc2cc1COC(C)C(C)C. The predicted molar refractivity (Wildman–Crippen MR) is 86.9 cm³/mol. The van der Waals surface area contributed by atoms with Gasteiger partial charge in [0.1, 0.15) is 11.6 Å². The van der Waals surface area contributed by atoms with Gasteiger partial charge in [0.15, 0.2) is 0 Å². The van der Waals surface area contributed by atoms with Crippen LogP contribution in [0.1, 0.15) is 26.3 Å². The molecule has 1 aromatic heterocycles. The zero-order chi connectivity index (χ0) is 15.4. The molecule has 0 bridgehead atoms. The molecule has 1 N–H and O–H groups in total. The maximum absolute atomic E-state index is 5.92. The number of nitrogens with one attached hydrogen (secondary N) is 1. The summed E-state index contributed by atoms with van der Waals surface area (Å²) >= 11 is 0. The second kappa shape index (κ2) is 6.76. The van der Waals surface area contributed by atoms with Crippen LogP contribution in [0.15, 0.2) is 24.3 Å². The van der Waals surface area contributed by atoms with Crippen LogP contribution < -0.4 is 10.1 Å². The quantitative estimate of drug-likeness (QED) is 0.877. The summed E-state index contributed by atoms with van der Waals surface area (Å²) in [5, 5.41) is 4.23. The van der Waals surface area contributed by atoms with Crippen LogP contribution in [0.2, 0.25) is 0 Å². The molecule has 114 valence electrons. The standard InChI is InChI=1S/C17H24N2O2/c1-11(2)12(3)21-10-14-8-13-6-7-15(20-5)9-16(13)19-17(14)18-4/h6-9,11-12H,10H2,1-5H3,(H,18,19). The number of anilines is 1. The average molecular weight is 288 g/mol. The molecule has 0 saturated heterocycles. The number of pyridine rings is 1. The third-order valence-corrected chi connectivity index (χ3v) is 3.78. The number of hydrogen-bond acceptors (Lipinski definition) is 4. The molecule has 4 nitrogen and oxygen atoms in total. The van der Waals surface area contributed by atoms with Gasteiger partial charge in [-0.1, -0.05) is 13.8 Å². The van der Waals surface area contributed by atoms with Gasteiger partial charge in [0.25, 0.3) is 0 Å². The van der Waals surface area contributed by atoms with E-state index in [2.05, 4.69) is 37.1 Å². The summed E-state index contributed by atoms with van der Waals surface area (Å²) in [5.41, 5.74) is 1.99. The van der Waals surface area contributed by atoms with Crippen molar-refractivity contribution in [1.82, 2.24) is 4.98 Å². The Balaban J connectivity index is 2.30. The highest BCUT2D eigenvalue weighted by Crippen LogP contribution is 2.25.